The molecule has 1 amide bonds. The molecule has 150 valence electrons. The summed E-state index contributed by atoms with van der Waals surface area (Å²) in [5, 5.41) is 8.60. The van der Waals surface area contributed by atoms with Gasteiger partial charge in [0.2, 0.25) is 5.91 Å². The minimum atomic E-state index is -0.00856. The monoisotopic (exact) mass is 391 g/mol. The minimum Gasteiger partial charge on any atom is -0.299 e. The van der Waals surface area contributed by atoms with E-state index in [9.17, 15) is 9.59 Å². The molecule has 7 nitrogen and oxygen atoms in total. The average Bonchev–Trinajstić information content (AvgIpc) is 3.31. The van der Waals surface area contributed by atoms with Crippen molar-refractivity contribution in [1.29, 1.82) is 0 Å². The Hall–Kier alpha value is -3.22. The van der Waals surface area contributed by atoms with Gasteiger partial charge in [-0.1, -0.05) is 24.3 Å². The molecule has 1 aliphatic heterocycles. The average molecular weight is 391 g/mol. The molecule has 0 fully saturated rings. The van der Waals surface area contributed by atoms with Crippen molar-refractivity contribution in [1.82, 2.24) is 19.6 Å². The first kappa shape index (κ1) is 19.1. The molecule has 7 heteroatoms. The van der Waals surface area contributed by atoms with E-state index in [0.29, 0.717) is 13.0 Å². The third kappa shape index (κ3) is 4.13. The third-order valence-corrected chi connectivity index (χ3v) is 5.30. The fourth-order valence-electron chi connectivity index (χ4n) is 3.81. The number of fused-ring (bicyclic) bond motifs is 1. The Kier molecular flexibility index (Phi) is 5.29. The van der Waals surface area contributed by atoms with Crippen LogP contribution in [0.4, 0.5) is 5.82 Å². The standard InChI is InChI=1S/C22H25N5O2/c1-16-14-21-26(12-3-13-27(21)24-16)22(29)9-8-19(28)15-17-4-6-18(7-5-17)20-10-11-23-25(20)2/h4-7,10-11,14H,3,8-9,12-13,15H2,1-2H3. The van der Waals surface area contributed by atoms with Crippen molar-refractivity contribution >= 4 is 17.5 Å². The number of rotatable bonds is 6. The smallest absolute Gasteiger partial charge is 0.228 e. The highest BCUT2D eigenvalue weighted by molar-refractivity contribution is 5.95. The van der Waals surface area contributed by atoms with E-state index in [1.165, 1.54) is 0 Å². The maximum atomic E-state index is 12.7. The second kappa shape index (κ2) is 8.03. The zero-order valence-electron chi connectivity index (χ0n) is 16.8. The molecule has 1 aliphatic rings. The number of anilines is 1. The second-order valence-electron chi connectivity index (χ2n) is 7.52. The molecule has 0 N–H and O–H groups in total. The lowest BCUT2D eigenvalue weighted by Crippen LogP contribution is -2.37. The highest BCUT2D eigenvalue weighted by Gasteiger charge is 2.24. The van der Waals surface area contributed by atoms with Gasteiger partial charge in [-0.3, -0.25) is 19.2 Å². The van der Waals surface area contributed by atoms with Gasteiger partial charge in [0.15, 0.2) is 0 Å². The van der Waals surface area contributed by atoms with Gasteiger partial charge in [-0.05, 0) is 30.5 Å². The number of Topliss-reactive ketones (excluding diaryl/α,β-unsaturated/α-hetero) is 1. The van der Waals surface area contributed by atoms with Gasteiger partial charge >= 0.3 is 0 Å². The first-order valence-electron chi connectivity index (χ1n) is 9.95. The first-order valence-corrected chi connectivity index (χ1v) is 9.95. The Labute approximate surface area is 169 Å². The number of hydrogen-bond acceptors (Lipinski definition) is 4. The van der Waals surface area contributed by atoms with E-state index in [0.717, 1.165) is 41.3 Å². The van der Waals surface area contributed by atoms with Crippen LogP contribution in [0.15, 0.2) is 42.6 Å². The molecule has 4 rings (SSSR count). The predicted octanol–water partition coefficient (Wildman–Crippen LogP) is 2.92. The summed E-state index contributed by atoms with van der Waals surface area (Å²) in [5.74, 6) is 0.913. The quantitative estimate of drug-likeness (QED) is 0.648. The Balaban J connectivity index is 1.32. The highest BCUT2D eigenvalue weighted by atomic mass is 16.2. The lowest BCUT2D eigenvalue weighted by molar-refractivity contribution is -0.123. The van der Waals surface area contributed by atoms with Crippen LogP contribution in [0.3, 0.4) is 0 Å². The van der Waals surface area contributed by atoms with E-state index in [1.807, 2.05) is 59.7 Å². The lowest BCUT2D eigenvalue weighted by atomic mass is 10.0. The second-order valence-corrected chi connectivity index (χ2v) is 7.52. The van der Waals surface area contributed by atoms with Crippen LogP contribution < -0.4 is 4.90 Å². The van der Waals surface area contributed by atoms with Crippen molar-refractivity contribution in [3.05, 3.63) is 53.9 Å². The zero-order chi connectivity index (χ0) is 20.4. The Bertz CT molecular complexity index is 1030. The van der Waals surface area contributed by atoms with Gasteiger partial charge in [0, 0.05) is 51.7 Å². The summed E-state index contributed by atoms with van der Waals surface area (Å²) in [4.78, 5) is 26.8. The molecule has 2 aromatic heterocycles. The van der Waals surface area contributed by atoms with Gasteiger partial charge in [0.1, 0.15) is 11.6 Å². The zero-order valence-corrected chi connectivity index (χ0v) is 16.8. The van der Waals surface area contributed by atoms with E-state index >= 15 is 0 Å². The molecule has 0 aliphatic carbocycles. The molecule has 3 aromatic rings. The van der Waals surface area contributed by atoms with E-state index in [4.69, 9.17) is 0 Å². The highest BCUT2D eigenvalue weighted by Crippen LogP contribution is 2.23. The van der Waals surface area contributed by atoms with E-state index in [1.54, 1.807) is 11.1 Å². The van der Waals surface area contributed by atoms with Crippen LogP contribution >= 0.6 is 0 Å². The molecule has 0 bridgehead atoms. The SMILES string of the molecule is Cc1cc2n(n1)CCCN2C(=O)CCC(=O)Cc1ccc(-c2ccnn2C)cc1. The van der Waals surface area contributed by atoms with Crippen LogP contribution in [-0.4, -0.2) is 37.8 Å². The molecule has 1 aromatic carbocycles. The number of benzene rings is 1. The van der Waals surface area contributed by atoms with E-state index < -0.39 is 0 Å². The Morgan fingerprint density at radius 1 is 1.07 bits per heavy atom. The van der Waals surface area contributed by atoms with Crippen LogP contribution in [0.25, 0.3) is 11.3 Å². The summed E-state index contributed by atoms with van der Waals surface area (Å²) >= 11 is 0. The van der Waals surface area contributed by atoms with Crippen molar-refractivity contribution in [2.24, 2.45) is 7.05 Å². The van der Waals surface area contributed by atoms with E-state index in [-0.39, 0.29) is 24.5 Å². The van der Waals surface area contributed by atoms with Crippen molar-refractivity contribution in [2.45, 2.75) is 39.2 Å². The van der Waals surface area contributed by atoms with Crippen LogP contribution in [0.5, 0.6) is 0 Å². The number of hydrogen-bond donors (Lipinski definition) is 0. The number of carbonyl (C=O) groups is 2. The van der Waals surface area contributed by atoms with Crippen molar-refractivity contribution in [2.75, 3.05) is 11.4 Å². The topological polar surface area (TPSA) is 73.0 Å². The van der Waals surface area contributed by atoms with Crippen LogP contribution in [0.1, 0.15) is 30.5 Å². The van der Waals surface area contributed by atoms with Gasteiger partial charge in [-0.25, -0.2) is 4.68 Å². The summed E-state index contributed by atoms with van der Waals surface area (Å²) in [5.41, 5.74) is 3.96. The summed E-state index contributed by atoms with van der Waals surface area (Å²) < 4.78 is 3.70. The summed E-state index contributed by atoms with van der Waals surface area (Å²) in [6.45, 7) is 3.45. The molecule has 29 heavy (non-hydrogen) atoms. The minimum absolute atomic E-state index is 0.00856. The van der Waals surface area contributed by atoms with Crippen molar-refractivity contribution in [3.8, 4) is 11.3 Å². The number of aryl methyl sites for hydroxylation is 3. The fraction of sp³-hybridized carbons (Fsp3) is 0.364. The Morgan fingerprint density at radius 3 is 2.59 bits per heavy atom. The van der Waals surface area contributed by atoms with Crippen molar-refractivity contribution < 1.29 is 9.59 Å². The Morgan fingerprint density at radius 2 is 1.86 bits per heavy atom. The summed E-state index contributed by atoms with van der Waals surface area (Å²) in [7, 11) is 1.90. The van der Waals surface area contributed by atoms with Gasteiger partial charge in [0.25, 0.3) is 0 Å². The van der Waals surface area contributed by atoms with Crippen LogP contribution in [0.2, 0.25) is 0 Å². The lowest BCUT2D eigenvalue weighted by Gasteiger charge is -2.27. The van der Waals surface area contributed by atoms with Gasteiger partial charge < -0.3 is 0 Å². The molecular weight excluding hydrogens is 366 g/mol. The third-order valence-electron chi connectivity index (χ3n) is 5.30. The summed E-state index contributed by atoms with van der Waals surface area (Å²) in [6.07, 6.45) is 3.48. The fourth-order valence-corrected chi connectivity index (χ4v) is 3.81. The largest absolute Gasteiger partial charge is 0.299 e. The molecule has 0 saturated carbocycles. The molecule has 0 spiro atoms. The normalized spacial score (nSPS) is 13.4. The van der Waals surface area contributed by atoms with E-state index in [2.05, 4.69) is 10.2 Å². The van der Waals surface area contributed by atoms with Gasteiger partial charge in [-0.15, -0.1) is 0 Å². The molecule has 0 saturated heterocycles. The number of carbonyl (C=O) groups excluding carboxylic acids is 2. The van der Waals surface area contributed by atoms with Gasteiger partial charge in [0.05, 0.1) is 11.4 Å². The van der Waals surface area contributed by atoms with Crippen LogP contribution in [-0.2, 0) is 29.6 Å². The maximum absolute atomic E-state index is 12.7. The van der Waals surface area contributed by atoms with Crippen molar-refractivity contribution in [3.63, 3.8) is 0 Å². The molecule has 0 radical (unpaired) electrons. The molecule has 3 heterocycles. The number of nitrogens with zero attached hydrogens (tertiary/aromatic N) is 5. The number of ketones is 1. The predicted molar refractivity (Wildman–Crippen MR) is 111 cm³/mol. The van der Waals surface area contributed by atoms with Gasteiger partial charge in [-0.2, -0.15) is 10.2 Å². The molecular formula is C22H25N5O2. The number of aromatic nitrogens is 4. The first-order chi connectivity index (χ1) is 14.0. The summed E-state index contributed by atoms with van der Waals surface area (Å²) in [6, 6.07) is 11.8. The van der Waals surface area contributed by atoms with Crippen LogP contribution in [0, 0.1) is 6.92 Å². The number of amides is 1. The molecule has 0 unspecified atom stereocenters. The maximum Gasteiger partial charge on any atom is 0.228 e. The molecule has 0 atom stereocenters.